The van der Waals surface area contributed by atoms with Gasteiger partial charge in [-0.05, 0) is 45.4 Å². The van der Waals surface area contributed by atoms with Gasteiger partial charge in [-0.3, -0.25) is 4.79 Å². The number of aryl methyl sites for hydroxylation is 1. The molecule has 3 rings (SSSR count). The first-order chi connectivity index (χ1) is 12.4. The Hall–Kier alpha value is -2.08. The second-order valence-electron chi connectivity index (χ2n) is 7.04. The molecule has 1 heterocycles. The maximum absolute atomic E-state index is 12.6. The zero-order valence-electron chi connectivity index (χ0n) is 16.5. The summed E-state index contributed by atoms with van der Waals surface area (Å²) in [5.41, 5.74) is 10.1. The zero-order valence-corrected chi connectivity index (χ0v) is 18.2. The summed E-state index contributed by atoms with van der Waals surface area (Å²) in [6.07, 6.45) is 0. The summed E-state index contributed by atoms with van der Waals surface area (Å²) in [7, 11) is 0. The van der Waals surface area contributed by atoms with Crippen LogP contribution in [0.1, 0.15) is 55.8 Å². The summed E-state index contributed by atoms with van der Waals surface area (Å²) in [5, 5.41) is 3.02. The molecule has 5 nitrogen and oxygen atoms in total. The first-order valence-corrected chi connectivity index (χ1v) is 8.98. The standard InChI is InChI=1S/C21H26N4O.2ClH/c1-13(2)25-18-8-6-5-7-17(18)24-20(25)15(4)23-21(26)19(22)16-11-9-14(3)10-12-16;;/h5-13,15,19H,22H2,1-4H3,(H,23,26);2*1H. The molecule has 0 saturated carbocycles. The minimum absolute atomic E-state index is 0. The van der Waals surface area contributed by atoms with Gasteiger partial charge in [-0.15, -0.1) is 24.8 Å². The van der Waals surface area contributed by atoms with Crippen LogP contribution in [0.4, 0.5) is 0 Å². The summed E-state index contributed by atoms with van der Waals surface area (Å²) in [6, 6.07) is 15.0. The minimum Gasteiger partial charge on any atom is -0.345 e. The van der Waals surface area contributed by atoms with Gasteiger partial charge in [0.25, 0.3) is 0 Å². The van der Waals surface area contributed by atoms with E-state index in [4.69, 9.17) is 10.7 Å². The van der Waals surface area contributed by atoms with Crippen LogP contribution in [0.15, 0.2) is 48.5 Å². The van der Waals surface area contributed by atoms with Gasteiger partial charge in [0, 0.05) is 6.04 Å². The quantitative estimate of drug-likeness (QED) is 0.628. The van der Waals surface area contributed by atoms with E-state index in [9.17, 15) is 4.79 Å². The van der Waals surface area contributed by atoms with E-state index in [1.54, 1.807) is 0 Å². The van der Waals surface area contributed by atoms with Gasteiger partial charge in [0.05, 0.1) is 17.1 Å². The van der Waals surface area contributed by atoms with Gasteiger partial charge in [0.1, 0.15) is 11.9 Å². The monoisotopic (exact) mass is 422 g/mol. The summed E-state index contributed by atoms with van der Waals surface area (Å²) < 4.78 is 2.16. The van der Waals surface area contributed by atoms with Crippen molar-refractivity contribution < 1.29 is 4.79 Å². The zero-order chi connectivity index (χ0) is 18.8. The predicted molar refractivity (Wildman–Crippen MR) is 119 cm³/mol. The Labute approximate surface area is 178 Å². The van der Waals surface area contributed by atoms with Crippen LogP contribution in [-0.2, 0) is 4.79 Å². The lowest BCUT2D eigenvalue weighted by molar-refractivity contribution is -0.123. The highest BCUT2D eigenvalue weighted by atomic mass is 35.5. The number of fused-ring (bicyclic) bond motifs is 1. The van der Waals surface area contributed by atoms with Crippen LogP contribution in [0.5, 0.6) is 0 Å². The molecule has 3 aromatic rings. The van der Waals surface area contributed by atoms with Crippen molar-refractivity contribution in [2.75, 3.05) is 0 Å². The molecule has 0 aliphatic rings. The Balaban J connectivity index is 0.00000196. The number of imidazole rings is 1. The number of hydrogen-bond acceptors (Lipinski definition) is 3. The Kier molecular flexibility index (Phi) is 8.48. The third-order valence-electron chi connectivity index (χ3n) is 4.60. The molecule has 2 aromatic carbocycles. The van der Waals surface area contributed by atoms with Gasteiger partial charge < -0.3 is 15.6 Å². The Morgan fingerprint density at radius 1 is 1.04 bits per heavy atom. The normalized spacial score (nSPS) is 12.8. The van der Waals surface area contributed by atoms with Crippen LogP contribution in [-0.4, -0.2) is 15.5 Å². The van der Waals surface area contributed by atoms with E-state index >= 15 is 0 Å². The highest BCUT2D eigenvalue weighted by Crippen LogP contribution is 2.25. The molecule has 28 heavy (non-hydrogen) atoms. The maximum Gasteiger partial charge on any atom is 0.242 e. The van der Waals surface area contributed by atoms with Crippen molar-refractivity contribution >= 4 is 41.8 Å². The lowest BCUT2D eigenvalue weighted by atomic mass is 10.0. The van der Waals surface area contributed by atoms with E-state index in [-0.39, 0.29) is 42.8 Å². The molecule has 152 valence electrons. The summed E-state index contributed by atoms with van der Waals surface area (Å²) >= 11 is 0. The molecule has 2 unspecified atom stereocenters. The van der Waals surface area contributed by atoms with Crippen molar-refractivity contribution in [3.63, 3.8) is 0 Å². The summed E-state index contributed by atoms with van der Waals surface area (Å²) in [4.78, 5) is 17.4. The summed E-state index contributed by atoms with van der Waals surface area (Å²) in [5.74, 6) is 0.634. The van der Waals surface area contributed by atoms with Crippen molar-refractivity contribution in [3.8, 4) is 0 Å². The van der Waals surface area contributed by atoms with E-state index in [2.05, 4.69) is 29.8 Å². The van der Waals surface area contributed by atoms with Gasteiger partial charge in [-0.25, -0.2) is 4.98 Å². The Morgan fingerprint density at radius 3 is 2.25 bits per heavy atom. The third-order valence-corrected chi connectivity index (χ3v) is 4.60. The molecule has 0 radical (unpaired) electrons. The molecule has 0 aliphatic carbocycles. The van der Waals surface area contributed by atoms with E-state index in [0.717, 1.165) is 28.0 Å². The minimum atomic E-state index is -0.699. The van der Waals surface area contributed by atoms with Crippen molar-refractivity contribution in [2.24, 2.45) is 5.73 Å². The molecule has 1 aromatic heterocycles. The van der Waals surface area contributed by atoms with Crippen LogP contribution in [0.3, 0.4) is 0 Å². The molecule has 0 saturated heterocycles. The number of benzene rings is 2. The number of carbonyl (C=O) groups is 1. The van der Waals surface area contributed by atoms with Crippen LogP contribution >= 0.6 is 24.8 Å². The fourth-order valence-corrected chi connectivity index (χ4v) is 3.20. The predicted octanol–water partition coefficient (Wildman–Crippen LogP) is 4.65. The van der Waals surface area contributed by atoms with E-state index in [1.807, 2.05) is 56.3 Å². The van der Waals surface area contributed by atoms with Crippen LogP contribution < -0.4 is 11.1 Å². The highest BCUT2D eigenvalue weighted by Gasteiger charge is 2.23. The molecule has 1 amide bonds. The van der Waals surface area contributed by atoms with Gasteiger partial charge in [0.2, 0.25) is 5.91 Å². The summed E-state index contributed by atoms with van der Waals surface area (Å²) in [6.45, 7) is 8.18. The molecule has 7 heteroatoms. The van der Waals surface area contributed by atoms with Crippen molar-refractivity contribution in [3.05, 3.63) is 65.5 Å². The number of rotatable bonds is 5. The van der Waals surface area contributed by atoms with E-state index < -0.39 is 6.04 Å². The largest absolute Gasteiger partial charge is 0.345 e. The maximum atomic E-state index is 12.6. The molecule has 0 spiro atoms. The first kappa shape index (κ1) is 24.0. The number of para-hydroxylation sites is 2. The molecule has 3 N–H and O–H groups in total. The number of hydrogen-bond donors (Lipinski definition) is 2. The van der Waals surface area contributed by atoms with Crippen molar-refractivity contribution in [1.82, 2.24) is 14.9 Å². The number of amides is 1. The van der Waals surface area contributed by atoms with Crippen LogP contribution in [0.2, 0.25) is 0 Å². The lowest BCUT2D eigenvalue weighted by Gasteiger charge is -2.20. The fourth-order valence-electron chi connectivity index (χ4n) is 3.20. The third kappa shape index (κ3) is 4.85. The van der Waals surface area contributed by atoms with Crippen LogP contribution in [0, 0.1) is 6.92 Å². The topological polar surface area (TPSA) is 72.9 Å². The second kappa shape index (κ2) is 9.92. The number of halogens is 2. The average Bonchev–Trinajstić information content (AvgIpc) is 3.01. The fraction of sp³-hybridized carbons (Fsp3) is 0.333. The lowest BCUT2D eigenvalue weighted by Crippen LogP contribution is -2.36. The smallest absolute Gasteiger partial charge is 0.242 e. The number of nitrogens with one attached hydrogen (secondary N) is 1. The Morgan fingerprint density at radius 2 is 1.64 bits per heavy atom. The van der Waals surface area contributed by atoms with Gasteiger partial charge in [-0.2, -0.15) is 0 Å². The average molecular weight is 423 g/mol. The molecule has 2 atom stereocenters. The van der Waals surface area contributed by atoms with Gasteiger partial charge >= 0.3 is 0 Å². The molecule has 0 fully saturated rings. The molecule has 0 bridgehead atoms. The first-order valence-electron chi connectivity index (χ1n) is 8.98. The van der Waals surface area contributed by atoms with Crippen molar-refractivity contribution in [1.29, 1.82) is 0 Å². The van der Waals surface area contributed by atoms with Crippen LogP contribution in [0.25, 0.3) is 11.0 Å². The number of carbonyl (C=O) groups excluding carboxylic acids is 1. The van der Waals surface area contributed by atoms with E-state index in [1.165, 1.54) is 0 Å². The second-order valence-corrected chi connectivity index (χ2v) is 7.04. The highest BCUT2D eigenvalue weighted by molar-refractivity contribution is 5.85. The van der Waals surface area contributed by atoms with Crippen molar-refractivity contribution in [2.45, 2.75) is 45.8 Å². The molecular formula is C21H28Cl2N4O. The molecule has 0 aliphatic heterocycles. The Bertz CT molecular complexity index is 922. The number of aromatic nitrogens is 2. The van der Waals surface area contributed by atoms with Gasteiger partial charge in [-0.1, -0.05) is 42.0 Å². The van der Waals surface area contributed by atoms with E-state index in [0.29, 0.717) is 0 Å². The molecular weight excluding hydrogens is 395 g/mol. The number of nitrogens with two attached hydrogens (primary N) is 1. The number of nitrogens with zero attached hydrogens (tertiary/aromatic N) is 2. The van der Waals surface area contributed by atoms with Gasteiger partial charge in [0.15, 0.2) is 0 Å². The SMILES string of the molecule is Cc1ccc(C(N)C(=O)NC(C)c2nc3ccccc3n2C(C)C)cc1.Cl.Cl.